The molecule has 0 bridgehead atoms. The molecule has 0 aliphatic carbocycles. The van der Waals surface area contributed by atoms with Gasteiger partial charge in [0.25, 0.3) is 0 Å². The minimum atomic E-state index is -0.110. The molecule has 1 aromatic carbocycles. The quantitative estimate of drug-likeness (QED) is 0.750. The van der Waals surface area contributed by atoms with Crippen LogP contribution in [0.15, 0.2) is 24.3 Å². The summed E-state index contributed by atoms with van der Waals surface area (Å²) in [7, 11) is 0. The van der Waals surface area contributed by atoms with Gasteiger partial charge in [-0.1, -0.05) is 18.2 Å². The Morgan fingerprint density at radius 3 is 3.00 bits per heavy atom. The van der Waals surface area contributed by atoms with Gasteiger partial charge in [0.2, 0.25) is 0 Å². The highest BCUT2D eigenvalue weighted by Crippen LogP contribution is 2.06. The molecule has 1 fully saturated rings. The Morgan fingerprint density at radius 1 is 1.33 bits per heavy atom. The first kappa shape index (κ1) is 13.5. The summed E-state index contributed by atoms with van der Waals surface area (Å²) in [5, 5.41) is 6.76. The highest BCUT2D eigenvalue weighted by molar-refractivity contribution is 5.17. The lowest BCUT2D eigenvalue weighted by molar-refractivity contribution is 0.0743. The molecular weight excluding hydrogens is 231 g/mol. The lowest BCUT2D eigenvalue weighted by Gasteiger charge is -2.23. The predicted octanol–water partition coefficient (Wildman–Crippen LogP) is 1.34. The van der Waals surface area contributed by atoms with Crippen LogP contribution in [0.5, 0.6) is 0 Å². The largest absolute Gasteiger partial charge is 0.379 e. The number of benzene rings is 1. The molecule has 1 atom stereocenters. The van der Waals surface area contributed by atoms with Crippen molar-refractivity contribution in [2.75, 3.05) is 32.8 Å². The molecule has 0 aromatic heterocycles. The Balaban J connectivity index is 1.57. The van der Waals surface area contributed by atoms with Gasteiger partial charge >= 0.3 is 0 Å². The van der Waals surface area contributed by atoms with Crippen LogP contribution in [0.1, 0.15) is 12.0 Å². The van der Waals surface area contributed by atoms with Crippen LogP contribution in [0, 0.1) is 5.82 Å². The van der Waals surface area contributed by atoms with Crippen molar-refractivity contribution in [2.24, 2.45) is 0 Å². The molecule has 2 rings (SSSR count). The van der Waals surface area contributed by atoms with E-state index in [-0.39, 0.29) is 5.82 Å². The molecule has 1 saturated heterocycles. The van der Waals surface area contributed by atoms with E-state index in [9.17, 15) is 4.39 Å². The molecule has 18 heavy (non-hydrogen) atoms. The van der Waals surface area contributed by atoms with Gasteiger partial charge < -0.3 is 15.4 Å². The van der Waals surface area contributed by atoms with Gasteiger partial charge in [0.1, 0.15) is 5.82 Å². The van der Waals surface area contributed by atoms with E-state index in [0.29, 0.717) is 6.04 Å². The topological polar surface area (TPSA) is 33.3 Å². The number of hydrogen-bond donors (Lipinski definition) is 2. The first-order chi connectivity index (χ1) is 8.86. The Labute approximate surface area is 108 Å². The molecule has 3 nitrogen and oxygen atoms in total. The lowest BCUT2D eigenvalue weighted by atomic mass is 10.1. The first-order valence-corrected chi connectivity index (χ1v) is 6.61. The summed E-state index contributed by atoms with van der Waals surface area (Å²) >= 11 is 0. The van der Waals surface area contributed by atoms with Crippen molar-refractivity contribution in [3.8, 4) is 0 Å². The highest BCUT2D eigenvalue weighted by Gasteiger charge is 2.11. The molecule has 100 valence electrons. The van der Waals surface area contributed by atoms with E-state index in [0.717, 1.165) is 51.3 Å². The second kappa shape index (κ2) is 7.46. The number of ether oxygens (including phenoxy) is 1. The number of nitrogens with one attached hydrogen (secondary N) is 2. The third-order valence-corrected chi connectivity index (χ3v) is 3.20. The number of morpholine rings is 1. The number of rotatable bonds is 6. The Morgan fingerprint density at radius 2 is 2.22 bits per heavy atom. The molecule has 2 N–H and O–H groups in total. The SMILES string of the molecule is Fc1ccccc1CCNCCC1COCCN1. The van der Waals surface area contributed by atoms with Crippen molar-refractivity contribution < 1.29 is 9.13 Å². The van der Waals surface area contributed by atoms with E-state index in [1.165, 1.54) is 6.07 Å². The van der Waals surface area contributed by atoms with Crippen molar-refractivity contribution >= 4 is 0 Å². The molecule has 1 aliphatic rings. The summed E-state index contributed by atoms with van der Waals surface area (Å²) in [4.78, 5) is 0. The number of halogens is 1. The van der Waals surface area contributed by atoms with Crippen LogP contribution >= 0.6 is 0 Å². The van der Waals surface area contributed by atoms with E-state index in [4.69, 9.17) is 4.74 Å². The lowest BCUT2D eigenvalue weighted by Crippen LogP contribution is -2.42. The monoisotopic (exact) mass is 252 g/mol. The van der Waals surface area contributed by atoms with Crippen molar-refractivity contribution in [1.82, 2.24) is 10.6 Å². The van der Waals surface area contributed by atoms with Crippen molar-refractivity contribution in [3.05, 3.63) is 35.6 Å². The van der Waals surface area contributed by atoms with Crippen LogP contribution in [-0.4, -0.2) is 38.9 Å². The van der Waals surface area contributed by atoms with Crippen LogP contribution < -0.4 is 10.6 Å². The van der Waals surface area contributed by atoms with Crippen LogP contribution in [-0.2, 0) is 11.2 Å². The molecule has 1 aromatic rings. The summed E-state index contributed by atoms with van der Waals surface area (Å²) in [5.41, 5.74) is 0.782. The molecule has 0 spiro atoms. The van der Waals surface area contributed by atoms with E-state index in [1.807, 2.05) is 12.1 Å². The average molecular weight is 252 g/mol. The fourth-order valence-electron chi connectivity index (χ4n) is 2.13. The minimum Gasteiger partial charge on any atom is -0.379 e. The van der Waals surface area contributed by atoms with E-state index >= 15 is 0 Å². The highest BCUT2D eigenvalue weighted by atomic mass is 19.1. The molecular formula is C14H21FN2O. The molecule has 1 aliphatic heterocycles. The summed E-state index contributed by atoms with van der Waals surface area (Å²) in [6, 6.07) is 7.41. The van der Waals surface area contributed by atoms with Gasteiger partial charge in [0.05, 0.1) is 13.2 Å². The van der Waals surface area contributed by atoms with Gasteiger partial charge in [-0.15, -0.1) is 0 Å². The van der Waals surface area contributed by atoms with Gasteiger partial charge in [-0.3, -0.25) is 0 Å². The van der Waals surface area contributed by atoms with E-state index in [2.05, 4.69) is 10.6 Å². The normalized spacial score (nSPS) is 19.9. The second-order valence-electron chi connectivity index (χ2n) is 4.61. The van der Waals surface area contributed by atoms with Crippen LogP contribution in [0.25, 0.3) is 0 Å². The molecule has 0 saturated carbocycles. The van der Waals surface area contributed by atoms with Gasteiger partial charge in [-0.05, 0) is 37.6 Å². The van der Waals surface area contributed by atoms with Gasteiger partial charge in [0, 0.05) is 12.6 Å². The average Bonchev–Trinajstić information content (AvgIpc) is 2.42. The zero-order valence-electron chi connectivity index (χ0n) is 10.6. The summed E-state index contributed by atoms with van der Waals surface area (Å²) in [6.45, 7) is 4.32. The minimum absolute atomic E-state index is 0.110. The third kappa shape index (κ3) is 4.37. The van der Waals surface area contributed by atoms with Gasteiger partial charge in [-0.25, -0.2) is 4.39 Å². The molecule has 1 heterocycles. The van der Waals surface area contributed by atoms with E-state index < -0.39 is 0 Å². The maximum absolute atomic E-state index is 13.3. The van der Waals surface area contributed by atoms with Crippen molar-refractivity contribution in [3.63, 3.8) is 0 Å². The first-order valence-electron chi connectivity index (χ1n) is 6.61. The van der Waals surface area contributed by atoms with Crippen molar-refractivity contribution in [2.45, 2.75) is 18.9 Å². The maximum atomic E-state index is 13.3. The summed E-state index contributed by atoms with van der Waals surface area (Å²) in [5.74, 6) is -0.110. The van der Waals surface area contributed by atoms with Crippen LogP contribution in [0.3, 0.4) is 0 Å². The standard InChI is InChI=1S/C14H21FN2O/c15-14-4-2-1-3-12(14)5-7-16-8-6-13-11-18-10-9-17-13/h1-4,13,16-17H,5-11H2. The Bertz CT molecular complexity index is 353. The smallest absolute Gasteiger partial charge is 0.126 e. The predicted molar refractivity (Wildman–Crippen MR) is 70.2 cm³/mol. The Hall–Kier alpha value is -0.970. The van der Waals surface area contributed by atoms with Gasteiger partial charge in [0.15, 0.2) is 0 Å². The maximum Gasteiger partial charge on any atom is 0.126 e. The molecule has 1 unspecified atom stereocenters. The zero-order chi connectivity index (χ0) is 12.6. The van der Waals surface area contributed by atoms with Crippen LogP contribution in [0.4, 0.5) is 4.39 Å². The van der Waals surface area contributed by atoms with Crippen LogP contribution in [0.2, 0.25) is 0 Å². The fraction of sp³-hybridized carbons (Fsp3) is 0.571. The van der Waals surface area contributed by atoms with E-state index in [1.54, 1.807) is 6.07 Å². The fourth-order valence-corrected chi connectivity index (χ4v) is 2.13. The van der Waals surface area contributed by atoms with Gasteiger partial charge in [-0.2, -0.15) is 0 Å². The Kier molecular flexibility index (Phi) is 5.58. The molecule has 0 radical (unpaired) electrons. The summed E-state index contributed by atoms with van der Waals surface area (Å²) in [6.07, 6.45) is 1.79. The molecule has 0 amide bonds. The molecule has 4 heteroatoms. The third-order valence-electron chi connectivity index (χ3n) is 3.20. The van der Waals surface area contributed by atoms with Crippen molar-refractivity contribution in [1.29, 1.82) is 0 Å². The summed E-state index contributed by atoms with van der Waals surface area (Å²) < 4.78 is 18.7. The number of hydrogen-bond acceptors (Lipinski definition) is 3. The zero-order valence-corrected chi connectivity index (χ0v) is 10.6. The second-order valence-corrected chi connectivity index (χ2v) is 4.61.